The SMILES string of the molecule is CCC(C)C(NC(=O)CC(C)(C(=O)O)C(C)C)C(=O)OC. The molecule has 0 aromatic heterocycles. The number of methoxy groups -OCH3 is 1. The van der Waals surface area contributed by atoms with Crippen LogP contribution >= 0.6 is 0 Å². The van der Waals surface area contributed by atoms with Gasteiger partial charge in [-0.3, -0.25) is 9.59 Å². The normalized spacial score (nSPS) is 16.7. The molecule has 0 fully saturated rings. The molecule has 3 unspecified atom stereocenters. The van der Waals surface area contributed by atoms with Crippen LogP contribution in [0.4, 0.5) is 0 Å². The van der Waals surface area contributed by atoms with Crippen LogP contribution in [0, 0.1) is 17.3 Å². The first-order chi connectivity index (χ1) is 9.59. The summed E-state index contributed by atoms with van der Waals surface area (Å²) in [5.74, 6) is -2.29. The van der Waals surface area contributed by atoms with Crippen molar-refractivity contribution in [3.63, 3.8) is 0 Å². The Hall–Kier alpha value is -1.59. The molecule has 21 heavy (non-hydrogen) atoms. The van der Waals surface area contributed by atoms with Crippen LogP contribution in [0.5, 0.6) is 0 Å². The van der Waals surface area contributed by atoms with E-state index in [1.165, 1.54) is 14.0 Å². The first kappa shape index (κ1) is 19.4. The number of esters is 1. The van der Waals surface area contributed by atoms with E-state index >= 15 is 0 Å². The van der Waals surface area contributed by atoms with Crippen LogP contribution in [0.25, 0.3) is 0 Å². The molecule has 0 aliphatic rings. The zero-order chi connectivity index (χ0) is 16.8. The highest BCUT2D eigenvalue weighted by atomic mass is 16.5. The number of ether oxygens (including phenoxy) is 1. The van der Waals surface area contributed by atoms with Crippen LogP contribution < -0.4 is 5.32 Å². The molecule has 6 nitrogen and oxygen atoms in total. The summed E-state index contributed by atoms with van der Waals surface area (Å²) in [6.45, 7) is 8.79. The molecule has 0 saturated carbocycles. The van der Waals surface area contributed by atoms with E-state index in [-0.39, 0.29) is 18.3 Å². The zero-order valence-corrected chi connectivity index (χ0v) is 13.7. The first-order valence-corrected chi connectivity index (χ1v) is 7.20. The molecule has 0 aromatic carbocycles. The summed E-state index contributed by atoms with van der Waals surface area (Å²) in [6, 6.07) is -0.752. The van der Waals surface area contributed by atoms with Gasteiger partial charge in [0.2, 0.25) is 5.91 Å². The third kappa shape index (κ3) is 5.02. The summed E-state index contributed by atoms with van der Waals surface area (Å²) in [4.78, 5) is 35.3. The molecule has 1 amide bonds. The van der Waals surface area contributed by atoms with Crippen LogP contribution in [0.3, 0.4) is 0 Å². The monoisotopic (exact) mass is 301 g/mol. The molecule has 0 saturated heterocycles. The number of carbonyl (C=O) groups is 3. The van der Waals surface area contributed by atoms with E-state index in [1.54, 1.807) is 13.8 Å². The third-order valence-electron chi connectivity index (χ3n) is 4.28. The van der Waals surface area contributed by atoms with Crippen LogP contribution in [0.1, 0.15) is 47.5 Å². The molecule has 2 N–H and O–H groups in total. The Kier molecular flexibility index (Phi) is 7.39. The van der Waals surface area contributed by atoms with Crippen molar-refractivity contribution in [2.75, 3.05) is 7.11 Å². The van der Waals surface area contributed by atoms with Gasteiger partial charge in [-0.05, 0) is 18.8 Å². The number of hydrogen-bond donors (Lipinski definition) is 2. The van der Waals surface area contributed by atoms with E-state index in [0.29, 0.717) is 6.42 Å². The van der Waals surface area contributed by atoms with Crippen molar-refractivity contribution in [2.45, 2.75) is 53.5 Å². The topological polar surface area (TPSA) is 92.7 Å². The molecule has 0 bridgehead atoms. The molecule has 0 aromatic rings. The highest BCUT2D eigenvalue weighted by Crippen LogP contribution is 2.31. The van der Waals surface area contributed by atoms with Gasteiger partial charge in [-0.2, -0.15) is 0 Å². The van der Waals surface area contributed by atoms with Gasteiger partial charge in [-0.1, -0.05) is 34.1 Å². The lowest BCUT2D eigenvalue weighted by molar-refractivity contribution is -0.154. The second kappa shape index (κ2) is 8.00. The molecule has 0 heterocycles. The summed E-state index contributed by atoms with van der Waals surface area (Å²) < 4.78 is 4.69. The highest BCUT2D eigenvalue weighted by Gasteiger charge is 2.39. The van der Waals surface area contributed by atoms with Crippen molar-refractivity contribution >= 4 is 17.8 Å². The van der Waals surface area contributed by atoms with E-state index in [1.807, 2.05) is 13.8 Å². The van der Waals surface area contributed by atoms with E-state index in [9.17, 15) is 19.5 Å². The van der Waals surface area contributed by atoms with Crippen LogP contribution in [-0.2, 0) is 19.1 Å². The number of carboxylic acids is 1. The fraction of sp³-hybridized carbons (Fsp3) is 0.800. The third-order valence-corrected chi connectivity index (χ3v) is 4.28. The number of nitrogens with one attached hydrogen (secondary N) is 1. The van der Waals surface area contributed by atoms with Crippen molar-refractivity contribution in [3.8, 4) is 0 Å². The van der Waals surface area contributed by atoms with Gasteiger partial charge in [0.1, 0.15) is 6.04 Å². The zero-order valence-electron chi connectivity index (χ0n) is 13.7. The fourth-order valence-electron chi connectivity index (χ4n) is 1.88. The maximum absolute atomic E-state index is 12.1. The first-order valence-electron chi connectivity index (χ1n) is 7.20. The molecule has 0 rings (SSSR count). The Morgan fingerprint density at radius 1 is 1.24 bits per heavy atom. The molecule has 0 radical (unpaired) electrons. The lowest BCUT2D eigenvalue weighted by atomic mass is 9.76. The highest BCUT2D eigenvalue weighted by molar-refractivity contribution is 5.88. The van der Waals surface area contributed by atoms with Gasteiger partial charge in [0, 0.05) is 6.42 Å². The number of carboxylic acid groups (broad SMARTS) is 1. The Balaban J connectivity index is 5.00. The van der Waals surface area contributed by atoms with Crippen molar-refractivity contribution in [2.24, 2.45) is 17.3 Å². The smallest absolute Gasteiger partial charge is 0.328 e. The van der Waals surface area contributed by atoms with Crippen molar-refractivity contribution in [1.82, 2.24) is 5.32 Å². The minimum absolute atomic E-state index is 0.0865. The maximum atomic E-state index is 12.1. The number of hydrogen-bond acceptors (Lipinski definition) is 4. The van der Waals surface area contributed by atoms with Gasteiger partial charge < -0.3 is 15.2 Å². The molecule has 0 spiro atoms. The molecule has 3 atom stereocenters. The maximum Gasteiger partial charge on any atom is 0.328 e. The van der Waals surface area contributed by atoms with Crippen LogP contribution in [-0.4, -0.2) is 36.1 Å². The second-order valence-corrected chi connectivity index (χ2v) is 6.01. The second-order valence-electron chi connectivity index (χ2n) is 6.01. The number of rotatable bonds is 8. The predicted octanol–water partition coefficient (Wildman–Crippen LogP) is 1.83. The number of aliphatic carboxylic acids is 1. The van der Waals surface area contributed by atoms with E-state index in [2.05, 4.69) is 5.32 Å². The van der Waals surface area contributed by atoms with E-state index in [0.717, 1.165) is 0 Å². The summed E-state index contributed by atoms with van der Waals surface area (Å²) >= 11 is 0. The quantitative estimate of drug-likeness (QED) is 0.667. The Morgan fingerprint density at radius 3 is 2.10 bits per heavy atom. The van der Waals surface area contributed by atoms with Crippen molar-refractivity contribution < 1.29 is 24.2 Å². The van der Waals surface area contributed by atoms with Crippen LogP contribution in [0.15, 0.2) is 0 Å². The minimum Gasteiger partial charge on any atom is -0.481 e. The number of carbonyl (C=O) groups excluding carboxylic acids is 2. The lowest BCUT2D eigenvalue weighted by Crippen LogP contribution is -2.48. The van der Waals surface area contributed by atoms with Gasteiger partial charge in [0.05, 0.1) is 12.5 Å². The fourth-order valence-corrected chi connectivity index (χ4v) is 1.88. The van der Waals surface area contributed by atoms with Gasteiger partial charge in [-0.25, -0.2) is 4.79 Å². The Morgan fingerprint density at radius 2 is 1.76 bits per heavy atom. The molecule has 122 valence electrons. The molecule has 0 aliphatic carbocycles. The van der Waals surface area contributed by atoms with Gasteiger partial charge in [0.25, 0.3) is 0 Å². The summed E-state index contributed by atoms with van der Waals surface area (Å²) in [6.07, 6.45) is 0.518. The average molecular weight is 301 g/mol. The summed E-state index contributed by atoms with van der Waals surface area (Å²) in [5, 5.41) is 11.9. The van der Waals surface area contributed by atoms with E-state index in [4.69, 9.17) is 4.74 Å². The van der Waals surface area contributed by atoms with Gasteiger partial charge >= 0.3 is 11.9 Å². The van der Waals surface area contributed by atoms with Gasteiger partial charge in [0.15, 0.2) is 0 Å². The predicted molar refractivity (Wildman–Crippen MR) is 78.6 cm³/mol. The van der Waals surface area contributed by atoms with E-state index < -0.39 is 29.3 Å². The Labute approximate surface area is 126 Å². The molecule has 6 heteroatoms. The molecular formula is C15H27NO5. The van der Waals surface area contributed by atoms with Crippen LogP contribution in [0.2, 0.25) is 0 Å². The molecule has 0 aliphatic heterocycles. The largest absolute Gasteiger partial charge is 0.481 e. The standard InChI is InChI=1S/C15H27NO5/c1-7-10(4)12(13(18)21-6)16-11(17)8-15(5,9(2)3)14(19)20/h9-10,12H,7-8H2,1-6H3,(H,16,17)(H,19,20). The van der Waals surface area contributed by atoms with Crippen molar-refractivity contribution in [1.29, 1.82) is 0 Å². The Bertz CT molecular complexity index is 394. The summed E-state index contributed by atoms with van der Waals surface area (Å²) in [5.41, 5.74) is -1.17. The summed E-state index contributed by atoms with van der Waals surface area (Å²) in [7, 11) is 1.26. The van der Waals surface area contributed by atoms with Crippen molar-refractivity contribution in [3.05, 3.63) is 0 Å². The minimum atomic E-state index is -1.17. The van der Waals surface area contributed by atoms with Gasteiger partial charge in [-0.15, -0.1) is 0 Å². The lowest BCUT2D eigenvalue weighted by Gasteiger charge is -2.29. The average Bonchev–Trinajstić information content (AvgIpc) is 2.42. The number of amides is 1. The molecular weight excluding hydrogens is 274 g/mol.